The molecule has 0 atom stereocenters. The van der Waals surface area contributed by atoms with E-state index in [0.717, 1.165) is 24.2 Å². The van der Waals surface area contributed by atoms with Crippen molar-refractivity contribution in [1.29, 1.82) is 0 Å². The van der Waals surface area contributed by atoms with Gasteiger partial charge in [-0.2, -0.15) is 0 Å². The lowest BCUT2D eigenvalue weighted by Gasteiger charge is -2.35. The lowest BCUT2D eigenvalue weighted by Crippen LogP contribution is -2.46. The maximum Gasteiger partial charge on any atom is 0.292 e. The number of piperazine rings is 1. The Morgan fingerprint density at radius 3 is 2.61 bits per heavy atom. The molecule has 0 bridgehead atoms. The predicted octanol–water partition coefficient (Wildman–Crippen LogP) is 3.28. The normalized spacial score (nSPS) is 15.0. The third kappa shape index (κ3) is 3.86. The number of nitrogens with zero attached hydrogens (tertiary/aromatic N) is 5. The molecule has 1 saturated heterocycles. The van der Waals surface area contributed by atoms with Gasteiger partial charge in [0.25, 0.3) is 5.69 Å². The van der Waals surface area contributed by atoms with E-state index in [1.807, 2.05) is 37.3 Å². The smallest absolute Gasteiger partial charge is 0.292 e. The topological polar surface area (TPSA) is 88.5 Å². The van der Waals surface area contributed by atoms with Crippen LogP contribution < -0.4 is 4.90 Å². The van der Waals surface area contributed by atoms with Crippen molar-refractivity contribution in [2.24, 2.45) is 0 Å². The van der Waals surface area contributed by atoms with Gasteiger partial charge < -0.3 is 9.32 Å². The van der Waals surface area contributed by atoms with Gasteiger partial charge in [0.2, 0.25) is 11.8 Å². The van der Waals surface area contributed by atoms with Gasteiger partial charge in [0.15, 0.2) is 0 Å². The molecule has 2 heterocycles. The van der Waals surface area contributed by atoms with Crippen LogP contribution in [0.3, 0.4) is 0 Å². The van der Waals surface area contributed by atoms with E-state index in [4.69, 9.17) is 4.42 Å². The Morgan fingerprint density at radius 2 is 1.86 bits per heavy atom. The summed E-state index contributed by atoms with van der Waals surface area (Å²) in [6.07, 6.45) is 0. The SMILES string of the molecule is Cc1cccc(-c2nnc(CN3CCN(c4ccccc4[N+](=O)[O-])CC3)o2)c1. The summed E-state index contributed by atoms with van der Waals surface area (Å²) in [4.78, 5) is 15.2. The fourth-order valence-electron chi connectivity index (χ4n) is 3.44. The Kier molecular flexibility index (Phi) is 5.03. The number of benzene rings is 2. The van der Waals surface area contributed by atoms with Crippen LogP contribution >= 0.6 is 0 Å². The first-order valence-electron chi connectivity index (χ1n) is 9.20. The van der Waals surface area contributed by atoms with Crippen LogP contribution in [0, 0.1) is 17.0 Å². The van der Waals surface area contributed by atoms with Crippen LogP contribution in [0.2, 0.25) is 0 Å². The van der Waals surface area contributed by atoms with Crippen molar-refractivity contribution in [3.05, 3.63) is 70.1 Å². The van der Waals surface area contributed by atoms with Gasteiger partial charge >= 0.3 is 0 Å². The monoisotopic (exact) mass is 379 g/mol. The van der Waals surface area contributed by atoms with E-state index >= 15 is 0 Å². The second-order valence-corrected chi connectivity index (χ2v) is 6.88. The molecule has 0 aliphatic carbocycles. The molecule has 0 unspecified atom stereocenters. The van der Waals surface area contributed by atoms with E-state index in [1.54, 1.807) is 18.2 Å². The Balaban J connectivity index is 1.38. The first kappa shape index (κ1) is 18.1. The second kappa shape index (κ2) is 7.77. The number of para-hydroxylation sites is 2. The molecule has 8 heteroatoms. The zero-order valence-corrected chi connectivity index (χ0v) is 15.6. The van der Waals surface area contributed by atoms with Gasteiger partial charge in [0.1, 0.15) is 5.69 Å². The van der Waals surface area contributed by atoms with E-state index in [1.165, 1.54) is 0 Å². The van der Waals surface area contributed by atoms with Gasteiger partial charge in [-0.3, -0.25) is 15.0 Å². The summed E-state index contributed by atoms with van der Waals surface area (Å²) in [7, 11) is 0. The van der Waals surface area contributed by atoms with Crippen molar-refractivity contribution in [2.45, 2.75) is 13.5 Å². The van der Waals surface area contributed by atoms with Crippen LogP contribution in [0.4, 0.5) is 11.4 Å². The van der Waals surface area contributed by atoms with Gasteiger partial charge in [-0.15, -0.1) is 10.2 Å². The molecule has 8 nitrogen and oxygen atoms in total. The Bertz CT molecular complexity index is 979. The quantitative estimate of drug-likeness (QED) is 0.496. The molecule has 0 spiro atoms. The van der Waals surface area contributed by atoms with Gasteiger partial charge in [-0.05, 0) is 25.1 Å². The lowest BCUT2D eigenvalue weighted by atomic mass is 10.1. The average Bonchev–Trinajstić information content (AvgIpc) is 3.17. The summed E-state index contributed by atoms with van der Waals surface area (Å²) < 4.78 is 5.82. The molecule has 3 aromatic rings. The minimum absolute atomic E-state index is 0.149. The third-order valence-corrected chi connectivity index (χ3v) is 4.88. The zero-order chi connectivity index (χ0) is 19.5. The van der Waals surface area contributed by atoms with Crippen LogP contribution in [-0.2, 0) is 6.54 Å². The third-order valence-electron chi connectivity index (χ3n) is 4.88. The molecule has 1 aromatic heterocycles. The Labute approximate surface area is 162 Å². The fraction of sp³-hybridized carbons (Fsp3) is 0.300. The van der Waals surface area contributed by atoms with Crippen LogP contribution in [-0.4, -0.2) is 46.2 Å². The van der Waals surface area contributed by atoms with Crippen LogP contribution in [0.15, 0.2) is 52.9 Å². The summed E-state index contributed by atoms with van der Waals surface area (Å²) in [5.74, 6) is 1.10. The van der Waals surface area contributed by atoms with Crippen molar-refractivity contribution in [3.63, 3.8) is 0 Å². The summed E-state index contributed by atoms with van der Waals surface area (Å²) in [5.41, 5.74) is 2.88. The van der Waals surface area contributed by atoms with Crippen LogP contribution in [0.1, 0.15) is 11.5 Å². The van der Waals surface area contributed by atoms with Gasteiger partial charge in [-0.1, -0.05) is 29.8 Å². The molecule has 0 N–H and O–H groups in total. The predicted molar refractivity (Wildman–Crippen MR) is 105 cm³/mol. The fourth-order valence-corrected chi connectivity index (χ4v) is 3.44. The highest BCUT2D eigenvalue weighted by Crippen LogP contribution is 2.28. The number of rotatable bonds is 5. The number of aromatic nitrogens is 2. The maximum absolute atomic E-state index is 11.3. The highest BCUT2D eigenvalue weighted by Gasteiger charge is 2.24. The second-order valence-electron chi connectivity index (χ2n) is 6.88. The zero-order valence-electron chi connectivity index (χ0n) is 15.6. The first-order chi connectivity index (χ1) is 13.6. The number of aryl methyl sites for hydroxylation is 1. The number of anilines is 1. The average molecular weight is 379 g/mol. The Hall–Kier alpha value is -3.26. The van der Waals surface area contributed by atoms with Crippen molar-refractivity contribution in [2.75, 3.05) is 31.1 Å². The molecule has 0 saturated carbocycles. The summed E-state index contributed by atoms with van der Waals surface area (Å²) >= 11 is 0. The molecule has 1 aliphatic rings. The molecule has 1 aliphatic heterocycles. The first-order valence-corrected chi connectivity index (χ1v) is 9.20. The van der Waals surface area contributed by atoms with Crippen LogP contribution in [0.25, 0.3) is 11.5 Å². The van der Waals surface area contributed by atoms with E-state index in [9.17, 15) is 10.1 Å². The van der Waals surface area contributed by atoms with Crippen LogP contribution in [0.5, 0.6) is 0 Å². The molecule has 4 rings (SSSR count). The van der Waals surface area contributed by atoms with Gasteiger partial charge in [-0.25, -0.2) is 0 Å². The van der Waals surface area contributed by atoms with Gasteiger partial charge in [0.05, 0.1) is 11.5 Å². The Morgan fingerprint density at radius 1 is 1.07 bits per heavy atom. The van der Waals surface area contributed by atoms with E-state index in [-0.39, 0.29) is 10.6 Å². The minimum atomic E-state index is -0.326. The maximum atomic E-state index is 11.3. The molecular formula is C20H21N5O3. The lowest BCUT2D eigenvalue weighted by molar-refractivity contribution is -0.384. The molecule has 28 heavy (non-hydrogen) atoms. The van der Waals surface area contributed by atoms with E-state index in [0.29, 0.717) is 37.1 Å². The molecule has 1 fully saturated rings. The van der Waals surface area contributed by atoms with Crippen molar-refractivity contribution < 1.29 is 9.34 Å². The van der Waals surface area contributed by atoms with Crippen molar-refractivity contribution in [1.82, 2.24) is 15.1 Å². The van der Waals surface area contributed by atoms with Crippen molar-refractivity contribution in [3.8, 4) is 11.5 Å². The standard InChI is InChI=1S/C20H21N5O3/c1-15-5-4-6-16(13-15)20-22-21-19(28-20)14-23-9-11-24(12-10-23)17-7-2-3-8-18(17)25(26)27/h2-8,13H,9-12,14H2,1H3. The van der Waals surface area contributed by atoms with E-state index in [2.05, 4.69) is 20.0 Å². The molecule has 0 amide bonds. The summed E-state index contributed by atoms with van der Waals surface area (Å²) in [5, 5.41) is 19.6. The largest absolute Gasteiger partial charge is 0.419 e. The highest BCUT2D eigenvalue weighted by molar-refractivity contribution is 5.63. The minimum Gasteiger partial charge on any atom is -0.419 e. The molecule has 2 aromatic carbocycles. The summed E-state index contributed by atoms with van der Waals surface area (Å²) in [6, 6.07) is 14.8. The number of hydrogen-bond donors (Lipinski definition) is 0. The highest BCUT2D eigenvalue weighted by atomic mass is 16.6. The molecular weight excluding hydrogens is 358 g/mol. The summed E-state index contributed by atoms with van der Waals surface area (Å²) in [6.45, 7) is 5.57. The van der Waals surface area contributed by atoms with Crippen molar-refractivity contribution >= 4 is 11.4 Å². The number of nitro benzene ring substituents is 1. The number of nitro groups is 1. The molecule has 0 radical (unpaired) electrons. The van der Waals surface area contributed by atoms with E-state index < -0.39 is 0 Å². The molecule has 144 valence electrons. The number of hydrogen-bond acceptors (Lipinski definition) is 7. The van der Waals surface area contributed by atoms with Gasteiger partial charge in [0, 0.05) is 37.8 Å².